The number of amides is 1. The molecule has 3 rings (SSSR count). The van der Waals surface area contributed by atoms with Gasteiger partial charge in [0, 0.05) is 6.07 Å². The fourth-order valence-electron chi connectivity index (χ4n) is 2.29. The molecule has 0 spiro atoms. The maximum atomic E-state index is 11.9. The first kappa shape index (κ1) is 9.59. The number of hydrogen-bond donors (Lipinski definition) is 2. The number of carbonyl (C=O) groups excluding carboxylic acids is 1. The molecule has 0 bridgehead atoms. The first-order valence-electron chi connectivity index (χ1n) is 5.32. The molecule has 1 aromatic rings. The lowest BCUT2D eigenvalue weighted by Crippen LogP contribution is -2.42. The van der Waals surface area contributed by atoms with Gasteiger partial charge in [-0.1, -0.05) is 6.92 Å². The Balaban J connectivity index is 2.27. The number of aryl methyl sites for hydroxylation is 1. The van der Waals surface area contributed by atoms with E-state index in [1.165, 1.54) is 6.07 Å². The van der Waals surface area contributed by atoms with E-state index >= 15 is 0 Å². The zero-order valence-electron chi connectivity index (χ0n) is 9.09. The van der Waals surface area contributed by atoms with E-state index in [0.717, 1.165) is 5.56 Å². The Morgan fingerprint density at radius 2 is 2.25 bits per heavy atom. The molecule has 2 N–H and O–H groups in total. The second-order valence-corrected chi connectivity index (χ2v) is 4.42. The molecule has 0 saturated carbocycles. The second-order valence-electron chi connectivity index (χ2n) is 4.42. The van der Waals surface area contributed by atoms with Crippen LogP contribution in [0.4, 0.5) is 0 Å². The molecule has 5 heteroatoms. The highest BCUT2D eigenvalue weighted by molar-refractivity contribution is 5.99. The van der Waals surface area contributed by atoms with Crippen LogP contribution in [0.1, 0.15) is 41.6 Å². The minimum atomic E-state index is -0.438. The molecular formula is C11H12N2O3. The Kier molecular flexibility index (Phi) is 1.64. The van der Waals surface area contributed by atoms with Gasteiger partial charge in [0.25, 0.3) is 5.91 Å². The molecule has 5 nitrogen and oxygen atoms in total. The summed E-state index contributed by atoms with van der Waals surface area (Å²) in [5, 5.41) is 5.98. The van der Waals surface area contributed by atoms with Gasteiger partial charge in [-0.25, -0.2) is 4.79 Å². The van der Waals surface area contributed by atoms with Crippen LogP contribution in [0.15, 0.2) is 15.3 Å². The molecule has 1 amide bonds. The molecule has 16 heavy (non-hydrogen) atoms. The van der Waals surface area contributed by atoms with Gasteiger partial charge in [0.2, 0.25) is 0 Å². The monoisotopic (exact) mass is 220 g/mol. The highest BCUT2D eigenvalue weighted by atomic mass is 16.4. The van der Waals surface area contributed by atoms with Crippen molar-refractivity contribution >= 4 is 5.91 Å². The summed E-state index contributed by atoms with van der Waals surface area (Å²) >= 11 is 0. The van der Waals surface area contributed by atoms with Crippen LogP contribution in [0.3, 0.4) is 0 Å². The van der Waals surface area contributed by atoms with E-state index in [4.69, 9.17) is 4.42 Å². The molecule has 1 fully saturated rings. The maximum Gasteiger partial charge on any atom is 0.336 e. The molecule has 2 unspecified atom stereocenters. The first-order chi connectivity index (χ1) is 7.55. The lowest BCUT2D eigenvalue weighted by molar-refractivity contribution is 0.0916. The van der Waals surface area contributed by atoms with Crippen molar-refractivity contribution < 1.29 is 9.21 Å². The molecule has 2 atom stereocenters. The first-order valence-corrected chi connectivity index (χ1v) is 5.32. The molecule has 0 aromatic carbocycles. The van der Waals surface area contributed by atoms with Gasteiger partial charge >= 0.3 is 5.63 Å². The van der Waals surface area contributed by atoms with Crippen molar-refractivity contribution in [2.75, 3.05) is 0 Å². The Hall–Kier alpha value is -1.62. The summed E-state index contributed by atoms with van der Waals surface area (Å²) < 4.78 is 5.15. The second kappa shape index (κ2) is 2.74. The third-order valence-electron chi connectivity index (χ3n) is 3.25. The zero-order valence-corrected chi connectivity index (χ0v) is 9.09. The van der Waals surface area contributed by atoms with E-state index in [1.807, 2.05) is 13.8 Å². The highest BCUT2D eigenvalue weighted by Gasteiger charge is 2.58. The van der Waals surface area contributed by atoms with Crippen LogP contribution in [-0.2, 0) is 6.42 Å². The summed E-state index contributed by atoms with van der Waals surface area (Å²) in [5.74, 6) is 0.315. The van der Waals surface area contributed by atoms with Gasteiger partial charge in [-0.3, -0.25) is 10.1 Å². The van der Waals surface area contributed by atoms with Crippen molar-refractivity contribution in [1.29, 1.82) is 0 Å². The molecule has 0 aliphatic carbocycles. The lowest BCUT2D eigenvalue weighted by Gasteiger charge is -2.20. The fraction of sp³-hybridized carbons (Fsp3) is 0.455. The largest absolute Gasteiger partial charge is 0.425 e. The van der Waals surface area contributed by atoms with Crippen LogP contribution < -0.4 is 16.3 Å². The van der Waals surface area contributed by atoms with E-state index < -0.39 is 5.66 Å². The molecule has 1 aromatic heterocycles. The quantitative estimate of drug-likeness (QED) is 0.667. The van der Waals surface area contributed by atoms with Gasteiger partial charge in [-0.2, -0.15) is 0 Å². The number of hydrogen-bond acceptors (Lipinski definition) is 4. The van der Waals surface area contributed by atoms with Gasteiger partial charge in [-0.15, -0.1) is 0 Å². The molecule has 2 aliphatic rings. The van der Waals surface area contributed by atoms with Crippen LogP contribution in [-0.4, -0.2) is 11.6 Å². The predicted octanol–water partition coefficient (Wildman–Crippen LogP) is 0.306. The summed E-state index contributed by atoms with van der Waals surface area (Å²) in [6, 6.07) is 1.32. The minimum absolute atomic E-state index is 0.0700. The van der Waals surface area contributed by atoms with Crippen LogP contribution in [0.25, 0.3) is 0 Å². The van der Waals surface area contributed by atoms with Gasteiger partial charge in [-0.05, 0) is 18.9 Å². The Morgan fingerprint density at radius 3 is 2.94 bits per heavy atom. The van der Waals surface area contributed by atoms with Crippen LogP contribution in [0.2, 0.25) is 0 Å². The number of fused-ring (bicyclic) bond motifs is 3. The predicted molar refractivity (Wildman–Crippen MR) is 56.1 cm³/mol. The molecule has 3 heterocycles. The van der Waals surface area contributed by atoms with E-state index in [2.05, 4.69) is 10.6 Å². The Labute approximate surface area is 91.8 Å². The van der Waals surface area contributed by atoms with Crippen LogP contribution in [0, 0.1) is 0 Å². The molecular weight excluding hydrogens is 208 g/mol. The summed E-state index contributed by atoms with van der Waals surface area (Å²) in [4.78, 5) is 23.3. The number of nitrogens with one attached hydrogen (secondary N) is 2. The Bertz CT molecular complexity index is 549. The van der Waals surface area contributed by atoms with Crippen molar-refractivity contribution in [2.24, 2.45) is 0 Å². The molecule has 84 valence electrons. The van der Waals surface area contributed by atoms with E-state index in [-0.39, 0.29) is 17.6 Å². The minimum Gasteiger partial charge on any atom is -0.425 e. The normalized spacial score (nSPS) is 30.4. The third-order valence-corrected chi connectivity index (χ3v) is 3.25. The van der Waals surface area contributed by atoms with Gasteiger partial charge in [0.05, 0.1) is 5.56 Å². The number of rotatable bonds is 1. The summed E-state index contributed by atoms with van der Waals surface area (Å²) in [5.41, 5.74) is 0.447. The average molecular weight is 220 g/mol. The average Bonchev–Trinajstić information content (AvgIpc) is 2.88. The lowest BCUT2D eigenvalue weighted by atomic mass is 9.97. The third kappa shape index (κ3) is 1.09. The number of carbonyl (C=O) groups is 1. The van der Waals surface area contributed by atoms with Crippen LogP contribution >= 0.6 is 0 Å². The van der Waals surface area contributed by atoms with E-state index in [0.29, 0.717) is 17.7 Å². The molecule has 0 radical (unpaired) electrons. The van der Waals surface area contributed by atoms with Gasteiger partial charge < -0.3 is 9.73 Å². The van der Waals surface area contributed by atoms with E-state index in [9.17, 15) is 9.59 Å². The smallest absolute Gasteiger partial charge is 0.336 e. The standard InChI is InChI=1S/C11H12N2O3/c1-3-5-4-6(14)16-8-7(5)10(15)13-11(2)9(8)12-11/h4,9,12H,3H2,1-2H3,(H,13,15). The van der Waals surface area contributed by atoms with Crippen molar-refractivity contribution in [1.82, 2.24) is 10.6 Å². The topological polar surface area (TPSA) is 81.2 Å². The summed E-state index contributed by atoms with van der Waals surface area (Å²) in [7, 11) is 0. The van der Waals surface area contributed by atoms with Gasteiger partial charge in [0.1, 0.15) is 17.5 Å². The van der Waals surface area contributed by atoms with Crippen molar-refractivity contribution in [2.45, 2.75) is 32.0 Å². The van der Waals surface area contributed by atoms with Crippen molar-refractivity contribution in [3.8, 4) is 0 Å². The summed E-state index contributed by atoms with van der Waals surface area (Å²) in [6.45, 7) is 3.79. The SMILES string of the molecule is CCc1cc(=O)oc2c1C(=O)NC1(C)NC21. The van der Waals surface area contributed by atoms with Gasteiger partial charge in [0.15, 0.2) is 0 Å². The molecule has 2 aliphatic heterocycles. The zero-order chi connectivity index (χ0) is 11.5. The Morgan fingerprint density at radius 1 is 1.50 bits per heavy atom. The fourth-order valence-corrected chi connectivity index (χ4v) is 2.29. The maximum absolute atomic E-state index is 11.9. The molecule has 1 saturated heterocycles. The van der Waals surface area contributed by atoms with E-state index in [1.54, 1.807) is 0 Å². The summed E-state index contributed by atoms with van der Waals surface area (Å²) in [6.07, 6.45) is 0.644. The van der Waals surface area contributed by atoms with Crippen molar-refractivity contribution in [3.63, 3.8) is 0 Å². The highest BCUT2D eigenvalue weighted by Crippen LogP contribution is 2.43. The van der Waals surface area contributed by atoms with Crippen LogP contribution in [0.5, 0.6) is 0 Å². The van der Waals surface area contributed by atoms with Crippen molar-refractivity contribution in [3.05, 3.63) is 33.4 Å².